The summed E-state index contributed by atoms with van der Waals surface area (Å²) in [5.41, 5.74) is -4.70. The maximum atomic E-state index is 14.7. The summed E-state index contributed by atoms with van der Waals surface area (Å²) in [4.78, 5) is 40.4. The van der Waals surface area contributed by atoms with Crippen molar-refractivity contribution in [2.45, 2.75) is 123 Å². The number of allylic oxidation sites excluding steroid dienone is 1. The molecule has 4 aliphatic carbocycles. The Morgan fingerprint density at radius 1 is 1.05 bits per heavy atom. The van der Waals surface area contributed by atoms with E-state index in [1.54, 1.807) is 19.1 Å². The maximum absolute atomic E-state index is 14.7. The zero-order valence-electron chi connectivity index (χ0n) is 25.0. The smallest absolute Gasteiger partial charge is 0.306 e. The number of carbonyl (C=O) groups is 3. The third kappa shape index (κ3) is 4.31. The average molecular weight is 561 g/mol. The van der Waals surface area contributed by atoms with Crippen LogP contribution in [-0.2, 0) is 23.9 Å². The molecule has 0 saturated heterocycles. The first-order chi connectivity index (χ1) is 18.8. The van der Waals surface area contributed by atoms with E-state index in [1.165, 1.54) is 0 Å². The van der Waals surface area contributed by atoms with Crippen molar-refractivity contribution in [3.63, 3.8) is 0 Å². The summed E-state index contributed by atoms with van der Waals surface area (Å²) in [5, 5.41) is 34.5. The van der Waals surface area contributed by atoms with Gasteiger partial charge in [-0.05, 0) is 43.3 Å². The van der Waals surface area contributed by atoms with Gasteiger partial charge < -0.3 is 24.8 Å². The molecular formula is C32H48O8. The Hall–Kier alpha value is -2.03. The SMILES string of the molecule is CCCCCCCC(=O)O[C@@]12CC(C)C34C=C(C)[C@H](OC(=O)CCC)[C@@]3(O)[C@H](O)C(CO)=C[C@H](C4=O)[C@@H]1C2(C)C. The second-order valence-corrected chi connectivity index (χ2v) is 13.2. The number of aliphatic hydroxyl groups excluding tert-OH is 2. The van der Waals surface area contributed by atoms with Crippen LogP contribution in [0.15, 0.2) is 23.3 Å². The Kier molecular flexibility index (Phi) is 8.50. The number of fused-ring (bicyclic) bond motifs is 3. The van der Waals surface area contributed by atoms with E-state index in [0.717, 1.165) is 32.1 Å². The zero-order valence-corrected chi connectivity index (χ0v) is 25.0. The summed E-state index contributed by atoms with van der Waals surface area (Å²) in [6.07, 6.45) is 6.68. The average Bonchev–Trinajstić information content (AvgIpc) is 3.29. The molecule has 224 valence electrons. The van der Waals surface area contributed by atoms with Crippen molar-refractivity contribution >= 4 is 17.7 Å². The van der Waals surface area contributed by atoms with Gasteiger partial charge in [-0.15, -0.1) is 0 Å². The summed E-state index contributed by atoms with van der Waals surface area (Å²) < 4.78 is 12.1. The molecule has 40 heavy (non-hydrogen) atoms. The quantitative estimate of drug-likeness (QED) is 0.195. The third-order valence-corrected chi connectivity index (χ3v) is 10.5. The molecule has 2 saturated carbocycles. The Morgan fingerprint density at radius 2 is 1.73 bits per heavy atom. The summed E-state index contributed by atoms with van der Waals surface area (Å²) in [7, 11) is 0. The number of unbranched alkanes of at least 4 members (excludes halogenated alkanes) is 4. The minimum absolute atomic E-state index is 0.107. The first kappa shape index (κ1) is 30.9. The molecule has 4 aliphatic rings. The Labute approximate surface area is 238 Å². The van der Waals surface area contributed by atoms with Crippen molar-refractivity contribution in [3.8, 4) is 0 Å². The fourth-order valence-electron chi connectivity index (χ4n) is 8.42. The maximum Gasteiger partial charge on any atom is 0.306 e. The van der Waals surface area contributed by atoms with Crippen LogP contribution in [0.2, 0.25) is 0 Å². The van der Waals surface area contributed by atoms with Crippen LogP contribution >= 0.6 is 0 Å². The van der Waals surface area contributed by atoms with Crippen LogP contribution in [0.1, 0.15) is 99.3 Å². The monoisotopic (exact) mass is 560 g/mol. The van der Waals surface area contributed by atoms with Crippen LogP contribution in [0, 0.1) is 28.6 Å². The highest BCUT2D eigenvalue weighted by atomic mass is 16.6. The number of hydrogen-bond acceptors (Lipinski definition) is 8. The lowest BCUT2D eigenvalue weighted by molar-refractivity contribution is -0.204. The number of carbonyl (C=O) groups excluding carboxylic acids is 3. The molecule has 0 heterocycles. The lowest BCUT2D eigenvalue weighted by atomic mass is 9.59. The number of hydrogen-bond donors (Lipinski definition) is 3. The molecule has 2 bridgehead atoms. The standard InChI is InChI=1S/C32H48O8/c1-7-9-10-11-12-14-24(35)40-31-17-20(4)30-16-19(3)28(39-23(34)13-8-2)32(30,38)26(36)21(18-33)15-22(27(30)37)25(31)29(31,5)6/h15-16,20,22,25-26,28,33,36,38H,7-14,17-18H2,1-6H3/t20?,22-,25+,26+,28-,30?,31-,32-/m0/s1. The lowest BCUT2D eigenvalue weighted by Gasteiger charge is -2.49. The highest BCUT2D eigenvalue weighted by molar-refractivity contribution is 5.96. The fourth-order valence-corrected chi connectivity index (χ4v) is 8.42. The van der Waals surface area contributed by atoms with Crippen LogP contribution in [-0.4, -0.2) is 63.1 Å². The number of ketones is 1. The van der Waals surface area contributed by atoms with Crippen molar-refractivity contribution in [2.24, 2.45) is 28.6 Å². The van der Waals surface area contributed by atoms with Gasteiger partial charge in [-0.25, -0.2) is 0 Å². The summed E-state index contributed by atoms with van der Waals surface area (Å²) >= 11 is 0. The molecule has 0 aliphatic heterocycles. The van der Waals surface area contributed by atoms with Crippen molar-refractivity contribution in [2.75, 3.05) is 6.61 Å². The summed E-state index contributed by atoms with van der Waals surface area (Å²) in [6, 6.07) is 0. The van der Waals surface area contributed by atoms with E-state index in [2.05, 4.69) is 6.92 Å². The number of ether oxygens (including phenoxy) is 2. The van der Waals surface area contributed by atoms with Gasteiger partial charge in [0, 0.05) is 30.1 Å². The molecule has 2 fully saturated rings. The van der Waals surface area contributed by atoms with E-state index in [0.29, 0.717) is 24.8 Å². The fraction of sp³-hybridized carbons (Fsp3) is 0.781. The largest absolute Gasteiger partial charge is 0.458 e. The zero-order chi connectivity index (χ0) is 29.7. The van der Waals surface area contributed by atoms with E-state index in [-0.39, 0.29) is 29.7 Å². The summed E-state index contributed by atoms with van der Waals surface area (Å²) in [6.45, 7) is 10.9. The summed E-state index contributed by atoms with van der Waals surface area (Å²) in [5.74, 6) is -2.88. The van der Waals surface area contributed by atoms with Crippen molar-refractivity contribution in [3.05, 3.63) is 23.3 Å². The molecule has 8 atom stereocenters. The molecule has 4 rings (SSSR count). The Balaban J connectivity index is 1.75. The molecule has 0 radical (unpaired) electrons. The van der Waals surface area contributed by atoms with Crippen LogP contribution in [0.25, 0.3) is 0 Å². The first-order valence-corrected chi connectivity index (χ1v) is 15.2. The van der Waals surface area contributed by atoms with Gasteiger partial charge in [0.1, 0.15) is 11.7 Å². The van der Waals surface area contributed by atoms with Gasteiger partial charge in [-0.3, -0.25) is 14.4 Å². The van der Waals surface area contributed by atoms with Crippen LogP contribution in [0.4, 0.5) is 0 Å². The molecule has 0 aromatic carbocycles. The van der Waals surface area contributed by atoms with E-state index in [9.17, 15) is 29.7 Å². The molecule has 2 unspecified atom stereocenters. The number of Topliss-reactive ketones (excluding diaryl/α,β-unsaturated/α-hetero) is 1. The predicted molar refractivity (Wildman–Crippen MR) is 149 cm³/mol. The molecule has 0 aromatic heterocycles. The predicted octanol–water partition coefficient (Wildman–Crippen LogP) is 4.19. The van der Waals surface area contributed by atoms with Gasteiger partial charge in [0.15, 0.2) is 17.5 Å². The topological polar surface area (TPSA) is 130 Å². The van der Waals surface area contributed by atoms with Crippen molar-refractivity contribution in [1.29, 1.82) is 0 Å². The van der Waals surface area contributed by atoms with Gasteiger partial charge in [0.25, 0.3) is 0 Å². The van der Waals surface area contributed by atoms with E-state index < -0.39 is 58.7 Å². The molecule has 1 spiro atoms. The molecular weight excluding hydrogens is 512 g/mol. The first-order valence-electron chi connectivity index (χ1n) is 15.2. The normalized spacial score (nSPS) is 39.2. The highest BCUT2D eigenvalue weighted by Crippen LogP contribution is 2.75. The molecule has 0 amide bonds. The van der Waals surface area contributed by atoms with E-state index in [4.69, 9.17) is 9.47 Å². The lowest BCUT2D eigenvalue weighted by Crippen LogP contribution is -2.66. The van der Waals surface area contributed by atoms with Crippen molar-refractivity contribution in [1.82, 2.24) is 0 Å². The van der Waals surface area contributed by atoms with Gasteiger partial charge in [-0.1, -0.05) is 72.5 Å². The second kappa shape index (κ2) is 11.0. The number of rotatable bonds is 11. The highest BCUT2D eigenvalue weighted by Gasteiger charge is 2.83. The second-order valence-electron chi connectivity index (χ2n) is 13.2. The van der Waals surface area contributed by atoms with Crippen LogP contribution < -0.4 is 0 Å². The minimum atomic E-state index is -2.22. The molecule has 8 heteroatoms. The van der Waals surface area contributed by atoms with Gasteiger partial charge >= 0.3 is 11.9 Å². The van der Waals surface area contributed by atoms with Gasteiger partial charge in [0.05, 0.1) is 12.0 Å². The van der Waals surface area contributed by atoms with Gasteiger partial charge in [0.2, 0.25) is 0 Å². The third-order valence-electron chi connectivity index (χ3n) is 10.5. The Bertz CT molecular complexity index is 1090. The van der Waals surface area contributed by atoms with E-state index >= 15 is 0 Å². The molecule has 3 N–H and O–H groups in total. The number of esters is 2. The van der Waals surface area contributed by atoms with Crippen LogP contribution in [0.5, 0.6) is 0 Å². The number of aliphatic hydroxyl groups is 3. The van der Waals surface area contributed by atoms with E-state index in [1.807, 2.05) is 27.7 Å². The molecule has 8 nitrogen and oxygen atoms in total. The van der Waals surface area contributed by atoms with Crippen LogP contribution in [0.3, 0.4) is 0 Å². The van der Waals surface area contributed by atoms with Crippen molar-refractivity contribution < 1.29 is 39.2 Å². The van der Waals surface area contributed by atoms with Gasteiger partial charge in [-0.2, -0.15) is 0 Å². The minimum Gasteiger partial charge on any atom is -0.458 e. The Morgan fingerprint density at radius 3 is 2.35 bits per heavy atom. The molecule has 0 aromatic rings.